The fourth-order valence-electron chi connectivity index (χ4n) is 1.77. The van der Waals surface area contributed by atoms with Crippen molar-refractivity contribution in [3.63, 3.8) is 0 Å². The number of benzene rings is 2. The van der Waals surface area contributed by atoms with Crippen molar-refractivity contribution in [2.45, 2.75) is 6.92 Å². The molecule has 0 fully saturated rings. The first-order chi connectivity index (χ1) is 7.59. The molecule has 16 heavy (non-hydrogen) atoms. The van der Waals surface area contributed by atoms with Gasteiger partial charge in [-0.05, 0) is 35.4 Å². The molecule has 0 spiro atoms. The Bertz CT molecular complexity index is 530. The van der Waals surface area contributed by atoms with Crippen molar-refractivity contribution in [2.75, 3.05) is 0 Å². The standard InChI is InChI=1S/C14H12O2/c1-9(2)12-7-10-5-3-4-6-11(10)8-13(12)14(15)16/h3-8H,1H2,2H3,(H,15,16). The molecule has 2 aromatic rings. The van der Waals surface area contributed by atoms with Gasteiger partial charge in [-0.1, -0.05) is 36.4 Å². The molecule has 2 rings (SSSR count). The van der Waals surface area contributed by atoms with Crippen molar-refractivity contribution >= 4 is 22.3 Å². The van der Waals surface area contributed by atoms with Crippen LogP contribution in [-0.4, -0.2) is 11.1 Å². The lowest BCUT2D eigenvalue weighted by Gasteiger charge is -2.07. The number of carboxylic acid groups (broad SMARTS) is 1. The second-order valence-corrected chi connectivity index (χ2v) is 3.83. The van der Waals surface area contributed by atoms with Gasteiger partial charge >= 0.3 is 5.97 Å². The van der Waals surface area contributed by atoms with Crippen LogP contribution in [0.3, 0.4) is 0 Å². The minimum atomic E-state index is -0.913. The van der Waals surface area contributed by atoms with Crippen LogP contribution < -0.4 is 0 Å². The molecule has 0 aliphatic rings. The number of rotatable bonds is 2. The van der Waals surface area contributed by atoms with Gasteiger partial charge in [-0.3, -0.25) is 0 Å². The van der Waals surface area contributed by atoms with Crippen molar-refractivity contribution in [3.05, 3.63) is 54.1 Å². The van der Waals surface area contributed by atoms with Crippen LogP contribution in [0.5, 0.6) is 0 Å². The molecule has 1 N–H and O–H groups in total. The minimum Gasteiger partial charge on any atom is -0.478 e. The van der Waals surface area contributed by atoms with Gasteiger partial charge in [0.1, 0.15) is 0 Å². The van der Waals surface area contributed by atoms with E-state index in [1.807, 2.05) is 37.3 Å². The Morgan fingerprint density at radius 3 is 2.06 bits per heavy atom. The first-order valence-corrected chi connectivity index (χ1v) is 5.01. The van der Waals surface area contributed by atoms with Gasteiger partial charge in [-0.15, -0.1) is 0 Å². The van der Waals surface area contributed by atoms with Crippen LogP contribution in [-0.2, 0) is 0 Å². The van der Waals surface area contributed by atoms with Crippen LogP contribution in [0.15, 0.2) is 43.0 Å². The van der Waals surface area contributed by atoms with Gasteiger partial charge in [-0.25, -0.2) is 4.79 Å². The molecule has 0 aliphatic carbocycles. The number of carboxylic acids is 1. The summed E-state index contributed by atoms with van der Waals surface area (Å²) in [4.78, 5) is 11.1. The molecule has 0 heterocycles. The normalized spacial score (nSPS) is 10.3. The van der Waals surface area contributed by atoms with E-state index in [9.17, 15) is 4.79 Å². The van der Waals surface area contributed by atoms with E-state index < -0.39 is 5.97 Å². The van der Waals surface area contributed by atoms with Gasteiger partial charge in [-0.2, -0.15) is 0 Å². The lowest BCUT2D eigenvalue weighted by molar-refractivity contribution is 0.0696. The highest BCUT2D eigenvalue weighted by Gasteiger charge is 2.11. The average Bonchev–Trinajstić information content (AvgIpc) is 2.27. The fraction of sp³-hybridized carbons (Fsp3) is 0.0714. The quantitative estimate of drug-likeness (QED) is 0.826. The maximum absolute atomic E-state index is 11.1. The maximum atomic E-state index is 11.1. The number of hydrogen-bond donors (Lipinski definition) is 1. The van der Waals surface area contributed by atoms with Gasteiger partial charge < -0.3 is 5.11 Å². The average molecular weight is 212 g/mol. The SMILES string of the molecule is C=C(C)c1cc2ccccc2cc1C(=O)O. The molecular weight excluding hydrogens is 200 g/mol. The lowest BCUT2D eigenvalue weighted by Crippen LogP contribution is -2.01. The van der Waals surface area contributed by atoms with Gasteiger partial charge in [0.05, 0.1) is 5.56 Å². The molecule has 0 saturated carbocycles. The number of hydrogen-bond acceptors (Lipinski definition) is 1. The minimum absolute atomic E-state index is 0.311. The third-order valence-corrected chi connectivity index (χ3v) is 2.58. The van der Waals surface area contributed by atoms with Crippen LogP contribution in [0.4, 0.5) is 0 Å². The molecule has 0 aliphatic heterocycles. The Balaban J connectivity index is 2.81. The van der Waals surface area contributed by atoms with E-state index in [2.05, 4.69) is 6.58 Å². The largest absolute Gasteiger partial charge is 0.478 e. The van der Waals surface area contributed by atoms with E-state index in [1.165, 1.54) is 0 Å². The monoisotopic (exact) mass is 212 g/mol. The van der Waals surface area contributed by atoms with E-state index in [4.69, 9.17) is 5.11 Å². The molecule has 2 nitrogen and oxygen atoms in total. The number of carbonyl (C=O) groups is 1. The third kappa shape index (κ3) is 1.70. The third-order valence-electron chi connectivity index (χ3n) is 2.58. The second-order valence-electron chi connectivity index (χ2n) is 3.83. The van der Waals surface area contributed by atoms with Crippen LogP contribution in [0.1, 0.15) is 22.8 Å². The van der Waals surface area contributed by atoms with E-state index in [-0.39, 0.29) is 0 Å². The van der Waals surface area contributed by atoms with Crippen molar-refractivity contribution in [1.29, 1.82) is 0 Å². The van der Waals surface area contributed by atoms with Gasteiger partial charge in [0.15, 0.2) is 0 Å². The summed E-state index contributed by atoms with van der Waals surface area (Å²) >= 11 is 0. The summed E-state index contributed by atoms with van der Waals surface area (Å²) in [6.45, 7) is 5.63. The number of aromatic carboxylic acids is 1. The predicted octanol–water partition coefficient (Wildman–Crippen LogP) is 3.57. The highest BCUT2D eigenvalue weighted by atomic mass is 16.4. The summed E-state index contributed by atoms with van der Waals surface area (Å²) in [7, 11) is 0. The van der Waals surface area contributed by atoms with Gasteiger partial charge in [0.25, 0.3) is 0 Å². The first kappa shape index (κ1) is 10.4. The highest BCUT2D eigenvalue weighted by Crippen LogP contribution is 2.24. The van der Waals surface area contributed by atoms with Crippen LogP contribution >= 0.6 is 0 Å². The van der Waals surface area contributed by atoms with Crippen molar-refractivity contribution in [3.8, 4) is 0 Å². The van der Waals surface area contributed by atoms with E-state index in [0.29, 0.717) is 11.1 Å². The zero-order chi connectivity index (χ0) is 11.7. The predicted molar refractivity (Wildman–Crippen MR) is 65.6 cm³/mol. The summed E-state index contributed by atoms with van der Waals surface area (Å²) < 4.78 is 0. The maximum Gasteiger partial charge on any atom is 0.336 e. The zero-order valence-corrected chi connectivity index (χ0v) is 9.03. The molecule has 0 radical (unpaired) electrons. The Hall–Kier alpha value is -2.09. The Kier molecular flexibility index (Phi) is 2.49. The van der Waals surface area contributed by atoms with Crippen LogP contribution in [0.25, 0.3) is 16.3 Å². The van der Waals surface area contributed by atoms with Crippen molar-refractivity contribution in [2.24, 2.45) is 0 Å². The topological polar surface area (TPSA) is 37.3 Å². The Morgan fingerprint density at radius 1 is 1.12 bits per heavy atom. The summed E-state index contributed by atoms with van der Waals surface area (Å²) in [6, 6.07) is 11.3. The number of allylic oxidation sites excluding steroid dienone is 1. The molecule has 0 saturated heterocycles. The highest BCUT2D eigenvalue weighted by molar-refractivity contribution is 5.99. The molecular formula is C14H12O2. The Labute approximate surface area is 93.8 Å². The second kappa shape index (κ2) is 3.81. The van der Waals surface area contributed by atoms with Crippen LogP contribution in [0.2, 0.25) is 0 Å². The van der Waals surface area contributed by atoms with Gasteiger partial charge in [0, 0.05) is 0 Å². The molecule has 0 bridgehead atoms. The molecule has 0 amide bonds. The van der Waals surface area contributed by atoms with Crippen molar-refractivity contribution < 1.29 is 9.90 Å². The molecule has 0 unspecified atom stereocenters. The molecule has 0 aromatic heterocycles. The first-order valence-electron chi connectivity index (χ1n) is 5.01. The number of fused-ring (bicyclic) bond motifs is 1. The molecule has 80 valence electrons. The van der Waals surface area contributed by atoms with Crippen molar-refractivity contribution in [1.82, 2.24) is 0 Å². The molecule has 2 heteroatoms. The van der Waals surface area contributed by atoms with E-state index in [0.717, 1.165) is 16.3 Å². The zero-order valence-electron chi connectivity index (χ0n) is 9.03. The van der Waals surface area contributed by atoms with E-state index in [1.54, 1.807) is 6.07 Å². The van der Waals surface area contributed by atoms with Gasteiger partial charge in [0.2, 0.25) is 0 Å². The Morgan fingerprint density at radius 2 is 1.62 bits per heavy atom. The van der Waals surface area contributed by atoms with E-state index >= 15 is 0 Å². The summed E-state index contributed by atoms with van der Waals surface area (Å²) in [5, 5.41) is 11.1. The fourth-order valence-corrected chi connectivity index (χ4v) is 1.77. The smallest absolute Gasteiger partial charge is 0.336 e. The lowest BCUT2D eigenvalue weighted by atomic mass is 9.97. The summed E-state index contributed by atoms with van der Waals surface area (Å²) in [6.07, 6.45) is 0. The van der Waals surface area contributed by atoms with Crippen LogP contribution in [0, 0.1) is 0 Å². The molecule has 2 aromatic carbocycles. The summed E-state index contributed by atoms with van der Waals surface area (Å²) in [5.41, 5.74) is 1.78. The summed E-state index contributed by atoms with van der Waals surface area (Å²) in [5.74, 6) is -0.913. The molecule has 0 atom stereocenters.